The molecule has 20 heavy (non-hydrogen) atoms. The fourth-order valence-electron chi connectivity index (χ4n) is 1.65. The Morgan fingerprint density at radius 1 is 0.650 bits per heavy atom. The monoisotopic (exact) mass is 304 g/mol. The Kier molecular flexibility index (Phi) is 5.89. The van der Waals surface area contributed by atoms with E-state index in [9.17, 15) is 8.42 Å². The molecular weight excluding hydrogens is 288 g/mol. The summed E-state index contributed by atoms with van der Waals surface area (Å²) in [5.41, 5.74) is 0. The molecule has 2 aromatic carbocycles. The first-order valence-corrected chi connectivity index (χ1v) is 8.93. The highest BCUT2D eigenvalue weighted by Crippen LogP contribution is 2.07. The summed E-state index contributed by atoms with van der Waals surface area (Å²) < 4.78 is 23.9. The van der Waals surface area contributed by atoms with Crippen LogP contribution in [0.25, 0.3) is 0 Å². The molecule has 0 radical (unpaired) electrons. The Bertz CT molecular complexity index is 551. The fraction of sp³-hybridized carbons (Fsp3) is 0.125. The van der Waals surface area contributed by atoms with Crippen LogP contribution >= 0.6 is 0 Å². The van der Waals surface area contributed by atoms with Crippen LogP contribution in [0.15, 0.2) is 82.6 Å². The van der Waals surface area contributed by atoms with Crippen molar-refractivity contribution in [3.8, 4) is 0 Å². The minimum atomic E-state index is -1.03. The second-order valence-corrected chi connectivity index (χ2v) is 7.11. The van der Waals surface area contributed by atoms with Gasteiger partial charge in [0.25, 0.3) is 0 Å². The zero-order chi connectivity index (χ0) is 14.2. The first-order chi connectivity index (χ1) is 9.77. The van der Waals surface area contributed by atoms with Gasteiger partial charge in [-0.05, 0) is 24.3 Å². The van der Waals surface area contributed by atoms with Crippen molar-refractivity contribution in [3.05, 3.63) is 72.8 Å². The van der Waals surface area contributed by atoms with E-state index in [2.05, 4.69) is 0 Å². The van der Waals surface area contributed by atoms with Crippen molar-refractivity contribution < 1.29 is 8.42 Å². The Hall–Kier alpha value is -1.52. The number of hydrogen-bond donors (Lipinski definition) is 0. The molecule has 0 N–H and O–H groups in total. The third-order valence-electron chi connectivity index (χ3n) is 2.67. The second kappa shape index (κ2) is 7.92. The average molecular weight is 304 g/mol. The summed E-state index contributed by atoms with van der Waals surface area (Å²) in [6.45, 7) is 0. The third-order valence-corrected chi connectivity index (χ3v) is 5.26. The highest BCUT2D eigenvalue weighted by Gasteiger charge is 2.01. The van der Waals surface area contributed by atoms with Gasteiger partial charge < -0.3 is 0 Å². The van der Waals surface area contributed by atoms with Crippen LogP contribution in [0.3, 0.4) is 0 Å². The topological polar surface area (TPSA) is 34.1 Å². The van der Waals surface area contributed by atoms with Crippen molar-refractivity contribution in [3.63, 3.8) is 0 Å². The van der Waals surface area contributed by atoms with E-state index < -0.39 is 21.6 Å². The molecule has 0 amide bonds. The van der Waals surface area contributed by atoms with Gasteiger partial charge in [0, 0.05) is 21.3 Å². The highest BCUT2D eigenvalue weighted by molar-refractivity contribution is 7.85. The molecule has 0 aromatic heterocycles. The molecule has 2 rings (SSSR count). The molecule has 0 saturated heterocycles. The number of hydrogen-bond acceptors (Lipinski definition) is 2. The molecule has 0 saturated carbocycles. The third kappa shape index (κ3) is 4.54. The summed E-state index contributed by atoms with van der Waals surface area (Å²) in [7, 11) is -2.06. The Morgan fingerprint density at radius 2 is 1.00 bits per heavy atom. The highest BCUT2D eigenvalue weighted by atomic mass is 32.2. The molecule has 0 unspecified atom stereocenters. The lowest BCUT2D eigenvalue weighted by molar-refractivity contribution is 0.683. The van der Waals surface area contributed by atoms with Crippen LogP contribution in [-0.4, -0.2) is 19.9 Å². The Balaban J connectivity index is 1.83. The van der Waals surface area contributed by atoms with Crippen molar-refractivity contribution in [1.82, 2.24) is 0 Å². The van der Waals surface area contributed by atoms with Crippen LogP contribution in [0.5, 0.6) is 0 Å². The number of benzene rings is 2. The second-order valence-electron chi connectivity index (χ2n) is 4.12. The zero-order valence-corrected chi connectivity index (χ0v) is 12.6. The van der Waals surface area contributed by atoms with Crippen LogP contribution < -0.4 is 0 Å². The SMILES string of the molecule is O=[S@](C/C=C/C[S@](=O)c1ccccc1)c1ccccc1. The maximum Gasteiger partial charge on any atom is 0.0567 e. The van der Waals surface area contributed by atoms with E-state index in [0.29, 0.717) is 11.5 Å². The van der Waals surface area contributed by atoms with Gasteiger partial charge in [-0.1, -0.05) is 48.6 Å². The summed E-state index contributed by atoms with van der Waals surface area (Å²) >= 11 is 0. The maximum absolute atomic E-state index is 11.9. The van der Waals surface area contributed by atoms with Gasteiger partial charge in [0.05, 0.1) is 21.6 Å². The van der Waals surface area contributed by atoms with Crippen LogP contribution in [0.1, 0.15) is 0 Å². The fourth-order valence-corrected chi connectivity index (χ4v) is 3.58. The molecule has 2 atom stereocenters. The smallest absolute Gasteiger partial charge is 0.0567 e. The van der Waals surface area contributed by atoms with E-state index in [1.807, 2.05) is 72.8 Å². The van der Waals surface area contributed by atoms with Gasteiger partial charge in [-0.3, -0.25) is 8.42 Å². The molecule has 4 heteroatoms. The summed E-state index contributed by atoms with van der Waals surface area (Å²) in [5.74, 6) is 0.909. The Morgan fingerprint density at radius 3 is 1.35 bits per heavy atom. The number of rotatable bonds is 6. The van der Waals surface area contributed by atoms with Gasteiger partial charge in [0.15, 0.2) is 0 Å². The molecule has 2 nitrogen and oxygen atoms in total. The maximum atomic E-state index is 11.9. The molecule has 0 heterocycles. The average Bonchev–Trinajstić information content (AvgIpc) is 2.53. The van der Waals surface area contributed by atoms with E-state index >= 15 is 0 Å². The summed E-state index contributed by atoms with van der Waals surface area (Å²) in [5, 5.41) is 0. The predicted octanol–water partition coefficient (Wildman–Crippen LogP) is 3.16. The van der Waals surface area contributed by atoms with Crippen molar-refractivity contribution in [2.75, 3.05) is 11.5 Å². The molecule has 104 valence electrons. The summed E-state index contributed by atoms with van der Waals surface area (Å²) in [6.07, 6.45) is 3.67. The van der Waals surface area contributed by atoms with Crippen molar-refractivity contribution >= 4 is 21.6 Å². The van der Waals surface area contributed by atoms with Gasteiger partial charge in [-0.2, -0.15) is 0 Å². The minimum Gasteiger partial charge on any atom is -0.254 e. The lowest BCUT2D eigenvalue weighted by Gasteiger charge is -1.99. The van der Waals surface area contributed by atoms with Gasteiger partial charge >= 0.3 is 0 Å². The molecule has 0 aliphatic heterocycles. The largest absolute Gasteiger partial charge is 0.254 e. The molecule has 2 aromatic rings. The first-order valence-electron chi connectivity index (χ1n) is 6.29. The molecule has 0 spiro atoms. The zero-order valence-electron chi connectivity index (χ0n) is 11.0. The molecule has 0 aliphatic carbocycles. The van der Waals surface area contributed by atoms with Gasteiger partial charge in [0.1, 0.15) is 0 Å². The lowest BCUT2D eigenvalue weighted by Crippen LogP contribution is -1.97. The van der Waals surface area contributed by atoms with E-state index in [4.69, 9.17) is 0 Å². The van der Waals surface area contributed by atoms with Gasteiger partial charge in [-0.15, -0.1) is 0 Å². The predicted molar refractivity (Wildman–Crippen MR) is 84.6 cm³/mol. The molecule has 0 bridgehead atoms. The van der Waals surface area contributed by atoms with Crippen LogP contribution in [0, 0.1) is 0 Å². The molecular formula is C16H16O2S2. The standard InChI is InChI=1S/C16H16O2S2/c17-19(15-9-3-1-4-10-15)13-7-8-14-20(18)16-11-5-2-6-12-16/h1-12H,13-14H2/b8-7+/t19-,20+. The van der Waals surface area contributed by atoms with Crippen LogP contribution in [0.4, 0.5) is 0 Å². The van der Waals surface area contributed by atoms with Crippen LogP contribution in [-0.2, 0) is 21.6 Å². The van der Waals surface area contributed by atoms with E-state index in [0.717, 1.165) is 9.79 Å². The molecule has 0 aliphatic rings. The quantitative estimate of drug-likeness (QED) is 0.768. The summed E-state index contributed by atoms with van der Waals surface area (Å²) in [6, 6.07) is 18.7. The molecule has 0 fully saturated rings. The Labute approximate surface area is 124 Å². The van der Waals surface area contributed by atoms with Crippen molar-refractivity contribution in [2.45, 2.75) is 9.79 Å². The lowest BCUT2D eigenvalue weighted by atomic mass is 10.4. The van der Waals surface area contributed by atoms with E-state index in [1.165, 1.54) is 0 Å². The van der Waals surface area contributed by atoms with Crippen molar-refractivity contribution in [1.29, 1.82) is 0 Å². The first kappa shape index (κ1) is 14.9. The summed E-state index contributed by atoms with van der Waals surface area (Å²) in [4.78, 5) is 1.64. The van der Waals surface area contributed by atoms with Gasteiger partial charge in [0.2, 0.25) is 0 Å². The van der Waals surface area contributed by atoms with Crippen molar-refractivity contribution in [2.24, 2.45) is 0 Å². The van der Waals surface area contributed by atoms with E-state index in [-0.39, 0.29) is 0 Å². The normalized spacial score (nSPS) is 14.2. The van der Waals surface area contributed by atoms with E-state index in [1.54, 1.807) is 0 Å². The van der Waals surface area contributed by atoms with Gasteiger partial charge in [-0.25, -0.2) is 0 Å². The van der Waals surface area contributed by atoms with Crippen LogP contribution in [0.2, 0.25) is 0 Å². The minimum absolute atomic E-state index is 0.454.